The quantitative estimate of drug-likeness (QED) is 0.350. The SMILES string of the molecule is Cc1nn(CC(=O)Nc2ccc(SC#N)cc2Br)c(C)c1[N+](=O)[O-]. The molecule has 1 amide bonds. The number of hydrogen-bond donors (Lipinski definition) is 1. The first kappa shape index (κ1) is 18.0. The molecular formula is C14H12BrN5O3S. The van der Waals surface area contributed by atoms with E-state index in [1.807, 2.05) is 5.40 Å². The van der Waals surface area contributed by atoms with Gasteiger partial charge in [0.2, 0.25) is 5.91 Å². The highest BCUT2D eigenvalue weighted by molar-refractivity contribution is 9.10. The van der Waals surface area contributed by atoms with Gasteiger partial charge in [-0.15, -0.1) is 0 Å². The van der Waals surface area contributed by atoms with Crippen molar-refractivity contribution in [1.82, 2.24) is 9.78 Å². The summed E-state index contributed by atoms with van der Waals surface area (Å²) in [6.45, 7) is 2.94. The highest BCUT2D eigenvalue weighted by atomic mass is 79.9. The van der Waals surface area contributed by atoms with Gasteiger partial charge in [-0.2, -0.15) is 10.4 Å². The van der Waals surface area contributed by atoms with Gasteiger partial charge in [-0.1, -0.05) is 0 Å². The number of benzene rings is 1. The zero-order valence-corrected chi connectivity index (χ0v) is 15.1. The Morgan fingerprint density at radius 3 is 2.79 bits per heavy atom. The second-order valence-electron chi connectivity index (χ2n) is 4.82. The molecule has 0 bridgehead atoms. The fourth-order valence-electron chi connectivity index (χ4n) is 2.14. The molecule has 0 atom stereocenters. The van der Waals surface area contributed by atoms with E-state index >= 15 is 0 Å². The minimum Gasteiger partial charge on any atom is -0.323 e. The monoisotopic (exact) mass is 409 g/mol. The first-order chi connectivity index (χ1) is 11.3. The topological polar surface area (TPSA) is 114 Å². The van der Waals surface area contributed by atoms with Gasteiger partial charge in [-0.25, -0.2) is 0 Å². The number of nitriles is 1. The number of anilines is 1. The number of nitro groups is 1. The zero-order chi connectivity index (χ0) is 17.9. The van der Waals surface area contributed by atoms with Crippen molar-refractivity contribution < 1.29 is 9.72 Å². The Morgan fingerprint density at radius 1 is 1.54 bits per heavy atom. The molecule has 0 unspecified atom stereocenters. The molecule has 1 aromatic heterocycles. The van der Waals surface area contributed by atoms with E-state index in [1.54, 1.807) is 25.1 Å². The van der Waals surface area contributed by atoms with Crippen LogP contribution in [0.3, 0.4) is 0 Å². The van der Waals surface area contributed by atoms with E-state index in [0.29, 0.717) is 15.9 Å². The number of aromatic nitrogens is 2. The summed E-state index contributed by atoms with van der Waals surface area (Å²) in [6, 6.07) is 5.10. The van der Waals surface area contributed by atoms with Gasteiger partial charge < -0.3 is 5.32 Å². The van der Waals surface area contributed by atoms with Crippen LogP contribution in [0.2, 0.25) is 0 Å². The van der Waals surface area contributed by atoms with Gasteiger partial charge in [0.25, 0.3) is 0 Å². The molecule has 2 rings (SSSR count). The first-order valence-electron chi connectivity index (χ1n) is 6.67. The molecule has 1 aromatic carbocycles. The van der Waals surface area contributed by atoms with E-state index in [1.165, 1.54) is 11.6 Å². The van der Waals surface area contributed by atoms with Crippen LogP contribution in [0, 0.1) is 34.6 Å². The van der Waals surface area contributed by atoms with Gasteiger partial charge in [0.15, 0.2) is 0 Å². The maximum absolute atomic E-state index is 12.2. The Hall–Kier alpha value is -2.38. The van der Waals surface area contributed by atoms with Crippen LogP contribution in [-0.2, 0) is 11.3 Å². The van der Waals surface area contributed by atoms with Crippen LogP contribution in [0.1, 0.15) is 11.4 Å². The van der Waals surface area contributed by atoms with Crippen LogP contribution < -0.4 is 5.32 Å². The molecule has 1 N–H and O–H groups in total. The lowest BCUT2D eigenvalue weighted by Crippen LogP contribution is -2.20. The van der Waals surface area contributed by atoms with Crippen LogP contribution in [-0.4, -0.2) is 20.6 Å². The largest absolute Gasteiger partial charge is 0.323 e. The van der Waals surface area contributed by atoms with Gasteiger partial charge in [-0.05, 0) is 59.7 Å². The number of nitrogens with one attached hydrogen (secondary N) is 1. The van der Waals surface area contributed by atoms with Crippen molar-refractivity contribution in [1.29, 1.82) is 5.26 Å². The number of nitrogens with zero attached hydrogens (tertiary/aromatic N) is 4. The number of carbonyl (C=O) groups excluding carboxylic acids is 1. The molecule has 0 radical (unpaired) electrons. The van der Waals surface area contributed by atoms with Gasteiger partial charge in [0.1, 0.15) is 23.3 Å². The standard InChI is InChI=1S/C14H12BrN5O3S/c1-8-14(20(22)23)9(2)19(18-8)6-13(21)17-12-4-3-10(24-7-16)5-11(12)15/h3-5H,6H2,1-2H3,(H,17,21). The number of amides is 1. The second-order valence-corrected chi connectivity index (χ2v) is 6.53. The lowest BCUT2D eigenvalue weighted by molar-refractivity contribution is -0.386. The summed E-state index contributed by atoms with van der Waals surface area (Å²) in [7, 11) is 0. The van der Waals surface area contributed by atoms with E-state index in [2.05, 4.69) is 26.3 Å². The molecule has 8 nitrogen and oxygen atoms in total. The number of halogens is 1. The van der Waals surface area contributed by atoms with E-state index in [-0.39, 0.29) is 23.8 Å². The van der Waals surface area contributed by atoms with Crippen LogP contribution in [0.15, 0.2) is 27.6 Å². The number of aryl methyl sites for hydroxylation is 1. The minimum atomic E-state index is -0.506. The van der Waals surface area contributed by atoms with Crippen molar-refractivity contribution >= 4 is 45.0 Å². The third kappa shape index (κ3) is 3.93. The van der Waals surface area contributed by atoms with E-state index in [9.17, 15) is 14.9 Å². The molecule has 10 heteroatoms. The van der Waals surface area contributed by atoms with Crippen LogP contribution in [0.4, 0.5) is 11.4 Å². The number of hydrogen-bond acceptors (Lipinski definition) is 6. The van der Waals surface area contributed by atoms with E-state index in [4.69, 9.17) is 5.26 Å². The van der Waals surface area contributed by atoms with E-state index in [0.717, 1.165) is 16.7 Å². The summed E-state index contributed by atoms with van der Waals surface area (Å²) in [5, 5.41) is 28.3. The fourth-order valence-corrected chi connectivity index (χ4v) is 3.19. The molecule has 0 saturated carbocycles. The highest BCUT2D eigenvalue weighted by Crippen LogP contribution is 2.28. The summed E-state index contributed by atoms with van der Waals surface area (Å²) in [5.74, 6) is -0.364. The average molecular weight is 410 g/mol. The Labute approximate surface area is 150 Å². The number of thiocyanates is 1. The third-order valence-corrected chi connectivity index (χ3v) is 4.43. The Bertz CT molecular complexity index is 859. The van der Waals surface area contributed by atoms with Crippen molar-refractivity contribution in [3.8, 4) is 5.40 Å². The van der Waals surface area contributed by atoms with E-state index < -0.39 is 4.92 Å². The molecule has 0 aliphatic rings. The highest BCUT2D eigenvalue weighted by Gasteiger charge is 2.22. The van der Waals surface area contributed by atoms with Crippen LogP contribution in [0.5, 0.6) is 0 Å². The van der Waals surface area contributed by atoms with Gasteiger partial charge in [0, 0.05) is 9.37 Å². The van der Waals surface area contributed by atoms with Gasteiger partial charge in [0.05, 0.1) is 10.6 Å². The second kappa shape index (κ2) is 7.46. The summed E-state index contributed by atoms with van der Waals surface area (Å²) >= 11 is 4.34. The van der Waals surface area contributed by atoms with Crippen molar-refractivity contribution in [2.45, 2.75) is 25.3 Å². The normalized spacial score (nSPS) is 10.2. The Kier molecular flexibility index (Phi) is 5.58. The summed E-state index contributed by atoms with van der Waals surface area (Å²) < 4.78 is 1.94. The summed E-state index contributed by atoms with van der Waals surface area (Å²) in [6.07, 6.45) is 0. The zero-order valence-electron chi connectivity index (χ0n) is 12.7. The van der Waals surface area contributed by atoms with Crippen molar-refractivity contribution in [3.63, 3.8) is 0 Å². The minimum absolute atomic E-state index is 0.0816. The Balaban J connectivity index is 2.13. The molecule has 24 heavy (non-hydrogen) atoms. The van der Waals surface area contributed by atoms with Crippen LogP contribution >= 0.6 is 27.7 Å². The lowest BCUT2D eigenvalue weighted by atomic mass is 10.3. The van der Waals surface area contributed by atoms with Gasteiger partial charge >= 0.3 is 5.69 Å². The van der Waals surface area contributed by atoms with Crippen molar-refractivity contribution in [3.05, 3.63) is 44.2 Å². The molecule has 124 valence electrons. The van der Waals surface area contributed by atoms with Crippen molar-refractivity contribution in [2.75, 3.05) is 5.32 Å². The number of carbonyl (C=O) groups is 1. The predicted octanol–water partition coefficient (Wildman–Crippen LogP) is 3.38. The average Bonchev–Trinajstić information content (AvgIpc) is 2.76. The number of thioether (sulfide) groups is 1. The number of rotatable bonds is 5. The molecule has 0 aliphatic carbocycles. The molecule has 2 aromatic rings. The summed E-state index contributed by atoms with van der Waals surface area (Å²) in [5.41, 5.74) is 1.05. The molecule has 1 heterocycles. The lowest BCUT2D eigenvalue weighted by Gasteiger charge is -2.09. The fraction of sp³-hybridized carbons (Fsp3) is 0.214. The molecule has 0 fully saturated rings. The third-order valence-electron chi connectivity index (χ3n) is 3.20. The molecular weight excluding hydrogens is 398 g/mol. The Morgan fingerprint density at radius 2 is 2.25 bits per heavy atom. The summed E-state index contributed by atoms with van der Waals surface area (Å²) in [4.78, 5) is 23.4. The van der Waals surface area contributed by atoms with Crippen LogP contribution in [0.25, 0.3) is 0 Å². The maximum atomic E-state index is 12.2. The molecule has 0 saturated heterocycles. The first-order valence-corrected chi connectivity index (χ1v) is 8.28. The maximum Gasteiger partial charge on any atom is 0.312 e. The molecule has 0 spiro atoms. The smallest absolute Gasteiger partial charge is 0.312 e. The predicted molar refractivity (Wildman–Crippen MR) is 92.6 cm³/mol. The van der Waals surface area contributed by atoms with Crippen molar-refractivity contribution in [2.24, 2.45) is 0 Å². The molecule has 0 aliphatic heterocycles. The van der Waals surface area contributed by atoms with Gasteiger partial charge in [-0.3, -0.25) is 19.6 Å².